The molecule has 140 valence electrons. The topological polar surface area (TPSA) is 72.5 Å². The number of aromatic nitrogens is 1. The normalized spacial score (nSPS) is 14.8. The molecule has 0 atom stereocenters. The summed E-state index contributed by atoms with van der Waals surface area (Å²) in [5.74, 6) is 0.824. The highest BCUT2D eigenvalue weighted by atomic mass is 16.2. The predicted octanol–water partition coefficient (Wildman–Crippen LogP) is 2.20. The van der Waals surface area contributed by atoms with Gasteiger partial charge in [-0.15, -0.1) is 0 Å². The van der Waals surface area contributed by atoms with Crippen molar-refractivity contribution in [3.05, 3.63) is 35.5 Å². The average molecular weight is 355 g/mol. The zero-order chi connectivity index (χ0) is 18.4. The number of H-pyrrole nitrogens is 1. The Hall–Kier alpha value is -2.50. The van der Waals surface area contributed by atoms with E-state index >= 15 is 0 Å². The van der Waals surface area contributed by atoms with E-state index in [1.54, 1.807) is 0 Å². The lowest BCUT2D eigenvalue weighted by Crippen LogP contribution is -2.39. The molecule has 3 rings (SSSR count). The number of nitrogens with one attached hydrogen (secondary N) is 3. The third-order valence-electron chi connectivity index (χ3n) is 4.87. The fourth-order valence-electron chi connectivity index (χ4n) is 3.52. The van der Waals surface area contributed by atoms with E-state index < -0.39 is 0 Å². The van der Waals surface area contributed by atoms with Crippen LogP contribution in [0.5, 0.6) is 0 Å². The van der Waals surface area contributed by atoms with Gasteiger partial charge in [-0.05, 0) is 44.7 Å². The molecule has 1 aliphatic heterocycles. The summed E-state index contributed by atoms with van der Waals surface area (Å²) < 4.78 is 0. The molecule has 26 heavy (non-hydrogen) atoms. The van der Waals surface area contributed by atoms with Crippen molar-refractivity contribution in [2.45, 2.75) is 33.1 Å². The maximum Gasteiger partial charge on any atom is 0.244 e. The molecule has 0 bridgehead atoms. The first-order chi connectivity index (χ1) is 12.7. The lowest BCUT2D eigenvalue weighted by atomic mass is 10.1. The fourth-order valence-corrected chi connectivity index (χ4v) is 3.52. The van der Waals surface area contributed by atoms with E-state index in [-0.39, 0.29) is 12.5 Å². The standard InChI is InChI=1S/C20H29N5O/c1-3-21-20(23-14-19(26)25-12-6-7-13-25)22-11-10-16-15(2)24-18-9-5-4-8-17(16)18/h4-5,8-9,24H,3,6-7,10-14H2,1-2H3,(H2,21,22,23). The van der Waals surface area contributed by atoms with Gasteiger partial charge in [0.15, 0.2) is 5.96 Å². The van der Waals surface area contributed by atoms with Gasteiger partial charge in [0, 0.05) is 42.8 Å². The molecule has 0 radical (unpaired) electrons. The number of aryl methyl sites for hydroxylation is 1. The summed E-state index contributed by atoms with van der Waals surface area (Å²) in [5, 5.41) is 7.85. The highest BCUT2D eigenvalue weighted by Crippen LogP contribution is 2.21. The van der Waals surface area contributed by atoms with E-state index in [4.69, 9.17) is 0 Å². The SMILES string of the molecule is CCNC(=NCC(=O)N1CCCC1)NCCc1c(C)[nH]c2ccccc12. The van der Waals surface area contributed by atoms with E-state index in [1.807, 2.05) is 17.9 Å². The second-order valence-corrected chi connectivity index (χ2v) is 6.73. The molecule has 3 N–H and O–H groups in total. The number of guanidine groups is 1. The molecule has 0 spiro atoms. The van der Waals surface area contributed by atoms with Crippen LogP contribution >= 0.6 is 0 Å². The fraction of sp³-hybridized carbons (Fsp3) is 0.500. The van der Waals surface area contributed by atoms with Crippen molar-refractivity contribution in [2.24, 2.45) is 4.99 Å². The van der Waals surface area contributed by atoms with Crippen molar-refractivity contribution in [1.29, 1.82) is 0 Å². The third-order valence-corrected chi connectivity index (χ3v) is 4.87. The zero-order valence-corrected chi connectivity index (χ0v) is 15.8. The lowest BCUT2D eigenvalue weighted by Gasteiger charge is -2.15. The van der Waals surface area contributed by atoms with Gasteiger partial charge in [0.25, 0.3) is 0 Å². The molecular formula is C20H29N5O. The summed E-state index contributed by atoms with van der Waals surface area (Å²) in [5.41, 5.74) is 3.72. The van der Waals surface area contributed by atoms with Crippen LogP contribution < -0.4 is 10.6 Å². The Kier molecular flexibility index (Phi) is 6.15. The van der Waals surface area contributed by atoms with Crippen LogP contribution in [0.4, 0.5) is 0 Å². The minimum absolute atomic E-state index is 0.118. The number of para-hydroxylation sites is 1. The van der Waals surface area contributed by atoms with Crippen LogP contribution in [-0.4, -0.2) is 54.5 Å². The predicted molar refractivity (Wildman–Crippen MR) is 107 cm³/mol. The number of carbonyl (C=O) groups excluding carboxylic acids is 1. The molecule has 2 aromatic rings. The molecule has 0 aliphatic carbocycles. The maximum atomic E-state index is 12.2. The second-order valence-electron chi connectivity index (χ2n) is 6.73. The molecule has 1 aliphatic rings. The van der Waals surface area contributed by atoms with Crippen LogP contribution in [0.15, 0.2) is 29.3 Å². The van der Waals surface area contributed by atoms with Gasteiger partial charge in [-0.2, -0.15) is 0 Å². The van der Waals surface area contributed by atoms with Gasteiger partial charge in [0.2, 0.25) is 5.91 Å². The van der Waals surface area contributed by atoms with Crippen molar-refractivity contribution < 1.29 is 4.79 Å². The van der Waals surface area contributed by atoms with Gasteiger partial charge < -0.3 is 20.5 Å². The van der Waals surface area contributed by atoms with Crippen molar-refractivity contribution in [1.82, 2.24) is 20.5 Å². The molecule has 0 unspecified atom stereocenters. The highest BCUT2D eigenvalue weighted by molar-refractivity contribution is 5.86. The number of rotatable bonds is 6. The van der Waals surface area contributed by atoms with E-state index in [9.17, 15) is 4.79 Å². The molecule has 6 heteroatoms. The minimum Gasteiger partial charge on any atom is -0.358 e. The smallest absolute Gasteiger partial charge is 0.244 e. The summed E-state index contributed by atoms with van der Waals surface area (Å²) in [6, 6.07) is 8.38. The van der Waals surface area contributed by atoms with Gasteiger partial charge >= 0.3 is 0 Å². The number of hydrogen-bond donors (Lipinski definition) is 3. The lowest BCUT2D eigenvalue weighted by molar-refractivity contribution is -0.128. The van der Waals surface area contributed by atoms with Crippen molar-refractivity contribution in [3.63, 3.8) is 0 Å². The molecule has 1 aromatic heterocycles. The zero-order valence-electron chi connectivity index (χ0n) is 15.8. The molecule has 1 aromatic carbocycles. The number of aromatic amines is 1. The average Bonchev–Trinajstić information content (AvgIpc) is 3.28. The van der Waals surface area contributed by atoms with E-state index in [0.29, 0.717) is 5.96 Å². The van der Waals surface area contributed by atoms with Gasteiger partial charge in [-0.25, -0.2) is 4.99 Å². The van der Waals surface area contributed by atoms with Gasteiger partial charge in [0.1, 0.15) is 6.54 Å². The van der Waals surface area contributed by atoms with E-state index in [0.717, 1.165) is 45.4 Å². The Labute approximate surface area is 155 Å². The first kappa shape index (κ1) is 18.3. The number of likely N-dealkylation sites (tertiary alicyclic amines) is 1. The molecule has 0 saturated carbocycles. The summed E-state index contributed by atoms with van der Waals surface area (Å²) >= 11 is 0. The van der Waals surface area contributed by atoms with Crippen molar-refractivity contribution >= 4 is 22.8 Å². The Bertz CT molecular complexity index is 774. The number of nitrogens with zero attached hydrogens (tertiary/aromatic N) is 2. The van der Waals surface area contributed by atoms with Crippen LogP contribution in [0.2, 0.25) is 0 Å². The summed E-state index contributed by atoms with van der Waals surface area (Å²) in [6.07, 6.45) is 3.12. The minimum atomic E-state index is 0.118. The van der Waals surface area contributed by atoms with Crippen molar-refractivity contribution in [3.8, 4) is 0 Å². The molecular weight excluding hydrogens is 326 g/mol. The van der Waals surface area contributed by atoms with Crippen LogP contribution in [0, 0.1) is 6.92 Å². The number of carbonyl (C=O) groups is 1. The Balaban J connectivity index is 1.57. The Morgan fingerprint density at radius 1 is 1.23 bits per heavy atom. The van der Waals surface area contributed by atoms with Gasteiger partial charge in [-0.1, -0.05) is 18.2 Å². The number of fused-ring (bicyclic) bond motifs is 1. The molecule has 6 nitrogen and oxygen atoms in total. The monoisotopic (exact) mass is 355 g/mol. The van der Waals surface area contributed by atoms with Crippen molar-refractivity contribution in [2.75, 3.05) is 32.7 Å². The number of benzene rings is 1. The Morgan fingerprint density at radius 2 is 2.00 bits per heavy atom. The van der Waals surface area contributed by atoms with Crippen LogP contribution in [0.1, 0.15) is 31.0 Å². The molecule has 1 amide bonds. The molecule has 1 saturated heterocycles. The van der Waals surface area contributed by atoms with E-state index in [2.05, 4.69) is 45.7 Å². The summed E-state index contributed by atoms with van der Waals surface area (Å²) in [4.78, 5) is 22.0. The largest absolute Gasteiger partial charge is 0.358 e. The summed E-state index contributed by atoms with van der Waals surface area (Å²) in [6.45, 7) is 7.65. The maximum absolute atomic E-state index is 12.2. The summed E-state index contributed by atoms with van der Waals surface area (Å²) in [7, 11) is 0. The molecule has 2 heterocycles. The number of amides is 1. The quantitative estimate of drug-likeness (QED) is 0.549. The van der Waals surface area contributed by atoms with Crippen LogP contribution in [-0.2, 0) is 11.2 Å². The first-order valence-electron chi connectivity index (χ1n) is 9.55. The van der Waals surface area contributed by atoms with E-state index in [1.165, 1.54) is 22.2 Å². The third kappa shape index (κ3) is 4.36. The first-order valence-corrected chi connectivity index (χ1v) is 9.55. The van der Waals surface area contributed by atoms with Gasteiger partial charge in [0.05, 0.1) is 0 Å². The van der Waals surface area contributed by atoms with Crippen LogP contribution in [0.3, 0.4) is 0 Å². The number of hydrogen-bond acceptors (Lipinski definition) is 2. The van der Waals surface area contributed by atoms with Gasteiger partial charge in [-0.3, -0.25) is 4.79 Å². The molecule has 1 fully saturated rings. The van der Waals surface area contributed by atoms with Crippen LogP contribution in [0.25, 0.3) is 10.9 Å². The Morgan fingerprint density at radius 3 is 2.77 bits per heavy atom. The highest BCUT2D eigenvalue weighted by Gasteiger charge is 2.17. The number of aliphatic imine (C=N–C) groups is 1. The second kappa shape index (κ2) is 8.74.